The fourth-order valence-corrected chi connectivity index (χ4v) is 2.70. The van der Waals surface area contributed by atoms with Gasteiger partial charge in [0.1, 0.15) is 0 Å². The van der Waals surface area contributed by atoms with Gasteiger partial charge in [0.05, 0.1) is 17.3 Å². The molecule has 2 rings (SSSR count). The fourth-order valence-electron chi connectivity index (χ4n) is 2.11. The van der Waals surface area contributed by atoms with Crippen LogP contribution in [0.3, 0.4) is 0 Å². The van der Waals surface area contributed by atoms with Gasteiger partial charge in [0.15, 0.2) is 0 Å². The normalized spacial score (nSPS) is 17.1. The van der Waals surface area contributed by atoms with Gasteiger partial charge in [0.2, 0.25) is 0 Å². The minimum absolute atomic E-state index is 0.487. The van der Waals surface area contributed by atoms with Crippen molar-refractivity contribution in [3.05, 3.63) is 16.6 Å². The van der Waals surface area contributed by atoms with Crippen molar-refractivity contribution in [2.24, 2.45) is 0 Å². The molecule has 1 aromatic rings. The number of hydrogen-bond acceptors (Lipinski definition) is 5. The van der Waals surface area contributed by atoms with Gasteiger partial charge in [-0.2, -0.15) is 0 Å². The molecular weight excluding hydrogens is 246 g/mol. The Morgan fingerprint density at radius 2 is 2.28 bits per heavy atom. The molecule has 2 heterocycles. The average Bonchev–Trinajstić information content (AvgIpc) is 2.92. The predicted octanol–water partition coefficient (Wildman–Crippen LogP) is 1.43. The van der Waals surface area contributed by atoms with Gasteiger partial charge >= 0.3 is 0 Å². The highest BCUT2D eigenvalue weighted by atomic mass is 32.1. The molecule has 0 saturated carbocycles. The van der Waals surface area contributed by atoms with E-state index in [9.17, 15) is 0 Å². The number of hydrogen-bond donors (Lipinski definition) is 2. The van der Waals surface area contributed by atoms with E-state index < -0.39 is 0 Å². The monoisotopic (exact) mass is 269 g/mol. The molecule has 0 spiro atoms. The zero-order valence-electron chi connectivity index (χ0n) is 10.9. The third-order valence-corrected chi connectivity index (χ3v) is 3.81. The maximum Gasteiger partial charge on any atom is 0.0794 e. The zero-order valence-corrected chi connectivity index (χ0v) is 11.7. The van der Waals surface area contributed by atoms with Crippen LogP contribution in [-0.2, 0) is 11.2 Å². The topological polar surface area (TPSA) is 46.2 Å². The van der Waals surface area contributed by atoms with Crippen LogP contribution < -0.4 is 10.6 Å². The second-order valence-electron chi connectivity index (χ2n) is 4.65. The molecule has 0 radical (unpaired) electrons. The Labute approximate surface area is 113 Å². The van der Waals surface area contributed by atoms with Crippen molar-refractivity contribution in [1.82, 2.24) is 15.6 Å². The highest BCUT2D eigenvalue weighted by Gasteiger charge is 2.12. The predicted molar refractivity (Wildman–Crippen MR) is 75.1 cm³/mol. The number of piperidine rings is 1. The van der Waals surface area contributed by atoms with Crippen LogP contribution >= 0.6 is 11.3 Å². The Morgan fingerprint density at radius 1 is 1.39 bits per heavy atom. The van der Waals surface area contributed by atoms with Gasteiger partial charge in [-0.25, -0.2) is 4.98 Å². The summed E-state index contributed by atoms with van der Waals surface area (Å²) in [6, 6.07) is 0. The molecular formula is C13H23N3OS. The van der Waals surface area contributed by atoms with Crippen molar-refractivity contribution in [3.8, 4) is 0 Å². The first kappa shape index (κ1) is 13.9. The molecule has 0 aromatic carbocycles. The lowest BCUT2D eigenvalue weighted by Crippen LogP contribution is -2.33. The maximum absolute atomic E-state index is 5.84. The first-order chi connectivity index (χ1) is 8.95. The summed E-state index contributed by atoms with van der Waals surface area (Å²) in [5.41, 5.74) is 3.08. The van der Waals surface area contributed by atoms with Gasteiger partial charge in [-0.3, -0.25) is 0 Å². The molecule has 0 unspecified atom stereocenters. The van der Waals surface area contributed by atoms with Crippen LogP contribution in [0.25, 0.3) is 0 Å². The molecule has 18 heavy (non-hydrogen) atoms. The van der Waals surface area contributed by atoms with E-state index in [0.717, 1.165) is 58.5 Å². The number of rotatable bonds is 8. The Morgan fingerprint density at radius 3 is 3.06 bits per heavy atom. The molecule has 1 aromatic heterocycles. The van der Waals surface area contributed by atoms with Crippen LogP contribution in [0.15, 0.2) is 10.9 Å². The molecule has 4 nitrogen and oxygen atoms in total. The lowest BCUT2D eigenvalue weighted by molar-refractivity contribution is 0.0318. The molecule has 1 aliphatic rings. The van der Waals surface area contributed by atoms with E-state index in [1.54, 1.807) is 11.3 Å². The summed E-state index contributed by atoms with van der Waals surface area (Å²) in [6.07, 6.45) is 4.94. The van der Waals surface area contributed by atoms with E-state index in [1.165, 1.54) is 5.69 Å². The second-order valence-corrected chi connectivity index (χ2v) is 5.37. The largest absolute Gasteiger partial charge is 0.378 e. The minimum atomic E-state index is 0.487. The Hall–Kier alpha value is -0.490. The second kappa shape index (κ2) is 8.58. The first-order valence-corrected chi connectivity index (χ1v) is 7.79. The number of aromatic nitrogens is 1. The lowest BCUT2D eigenvalue weighted by Gasteiger charge is -2.22. The van der Waals surface area contributed by atoms with E-state index in [4.69, 9.17) is 4.74 Å². The summed E-state index contributed by atoms with van der Waals surface area (Å²) < 4.78 is 5.84. The van der Waals surface area contributed by atoms with Crippen molar-refractivity contribution in [1.29, 1.82) is 0 Å². The van der Waals surface area contributed by atoms with Gasteiger partial charge in [-0.1, -0.05) is 0 Å². The van der Waals surface area contributed by atoms with Crippen LogP contribution in [0.2, 0.25) is 0 Å². The van der Waals surface area contributed by atoms with Crippen molar-refractivity contribution in [2.75, 3.05) is 32.8 Å². The third kappa shape index (κ3) is 5.44. The van der Waals surface area contributed by atoms with E-state index in [1.807, 2.05) is 5.51 Å². The van der Waals surface area contributed by atoms with Crippen LogP contribution in [0.5, 0.6) is 0 Å². The maximum atomic E-state index is 5.84. The smallest absolute Gasteiger partial charge is 0.0794 e. The van der Waals surface area contributed by atoms with Crippen LogP contribution in [0.4, 0.5) is 0 Å². The summed E-state index contributed by atoms with van der Waals surface area (Å²) in [4.78, 5) is 4.26. The van der Waals surface area contributed by atoms with Gasteiger partial charge in [0.25, 0.3) is 0 Å². The van der Waals surface area contributed by atoms with Crippen molar-refractivity contribution >= 4 is 11.3 Å². The summed E-state index contributed by atoms with van der Waals surface area (Å²) in [7, 11) is 0. The highest BCUT2D eigenvalue weighted by Crippen LogP contribution is 2.07. The molecule has 0 atom stereocenters. The fraction of sp³-hybridized carbons (Fsp3) is 0.769. The quantitative estimate of drug-likeness (QED) is 0.701. The SMILES string of the molecule is c1nc(CCNCCCOC2CCNCC2)cs1. The first-order valence-electron chi connectivity index (χ1n) is 6.85. The third-order valence-electron chi connectivity index (χ3n) is 3.18. The van der Waals surface area contributed by atoms with Crippen molar-refractivity contribution in [2.45, 2.75) is 31.8 Å². The minimum Gasteiger partial charge on any atom is -0.378 e. The van der Waals surface area contributed by atoms with Gasteiger partial charge in [0, 0.05) is 25.0 Å². The molecule has 1 aliphatic heterocycles. The van der Waals surface area contributed by atoms with Crippen molar-refractivity contribution in [3.63, 3.8) is 0 Å². The number of ether oxygens (including phenoxy) is 1. The van der Waals surface area contributed by atoms with E-state index in [-0.39, 0.29) is 0 Å². The molecule has 0 aliphatic carbocycles. The van der Waals surface area contributed by atoms with E-state index in [0.29, 0.717) is 6.10 Å². The molecule has 1 fully saturated rings. The number of nitrogens with zero attached hydrogens (tertiary/aromatic N) is 1. The Kier molecular flexibility index (Phi) is 6.64. The Balaban J connectivity index is 1.39. The van der Waals surface area contributed by atoms with E-state index >= 15 is 0 Å². The van der Waals surface area contributed by atoms with Crippen LogP contribution in [-0.4, -0.2) is 43.9 Å². The van der Waals surface area contributed by atoms with Gasteiger partial charge in [-0.15, -0.1) is 11.3 Å². The van der Waals surface area contributed by atoms with Crippen LogP contribution in [0.1, 0.15) is 25.0 Å². The van der Waals surface area contributed by atoms with Gasteiger partial charge < -0.3 is 15.4 Å². The van der Waals surface area contributed by atoms with E-state index in [2.05, 4.69) is 21.0 Å². The van der Waals surface area contributed by atoms with Crippen LogP contribution in [0, 0.1) is 0 Å². The number of nitrogens with one attached hydrogen (secondary N) is 2. The Bertz CT molecular complexity index is 299. The summed E-state index contributed by atoms with van der Waals surface area (Å²) in [5, 5.41) is 8.90. The molecule has 102 valence electrons. The lowest BCUT2D eigenvalue weighted by atomic mass is 10.1. The molecule has 0 bridgehead atoms. The average molecular weight is 269 g/mol. The number of thiazole rings is 1. The zero-order chi connectivity index (χ0) is 12.5. The summed E-state index contributed by atoms with van der Waals surface area (Å²) in [5.74, 6) is 0. The molecule has 2 N–H and O–H groups in total. The summed E-state index contributed by atoms with van der Waals surface area (Å²) >= 11 is 1.66. The van der Waals surface area contributed by atoms with Crippen molar-refractivity contribution < 1.29 is 4.74 Å². The standard InChI is InChI=1S/C13H23N3OS/c1(9-17-13-3-7-15-8-4-13)5-14-6-2-12-10-18-11-16-12/h10-11,13-15H,1-9H2. The molecule has 0 amide bonds. The highest BCUT2D eigenvalue weighted by molar-refractivity contribution is 7.07. The molecule has 1 saturated heterocycles. The van der Waals surface area contributed by atoms with Gasteiger partial charge in [-0.05, 0) is 38.9 Å². The molecule has 5 heteroatoms. The summed E-state index contributed by atoms with van der Waals surface area (Å²) in [6.45, 7) is 5.15.